The van der Waals surface area contributed by atoms with Crippen LogP contribution in [-0.2, 0) is 12.8 Å². The van der Waals surface area contributed by atoms with Crippen LogP contribution in [-0.4, -0.2) is 9.97 Å². The highest BCUT2D eigenvalue weighted by molar-refractivity contribution is 6.28. The first-order valence-electron chi connectivity index (χ1n) is 18.5. The van der Waals surface area contributed by atoms with Crippen molar-refractivity contribution in [2.24, 2.45) is 0 Å². The molecule has 0 aliphatic heterocycles. The van der Waals surface area contributed by atoms with Gasteiger partial charge in [-0.3, -0.25) is 9.97 Å². The first-order valence-corrected chi connectivity index (χ1v) is 18.5. The Kier molecular flexibility index (Phi) is 6.54. The first-order chi connectivity index (χ1) is 25.8. The van der Waals surface area contributed by atoms with Gasteiger partial charge >= 0.3 is 0 Å². The van der Waals surface area contributed by atoms with Crippen molar-refractivity contribution in [3.63, 3.8) is 0 Å². The third kappa shape index (κ3) is 4.31. The number of fused-ring (bicyclic) bond motifs is 6. The summed E-state index contributed by atoms with van der Waals surface area (Å²) in [5.74, 6) is 0. The van der Waals surface area contributed by atoms with E-state index in [4.69, 9.17) is 9.97 Å². The van der Waals surface area contributed by atoms with E-state index in [0.29, 0.717) is 0 Å². The van der Waals surface area contributed by atoms with Crippen LogP contribution in [0.15, 0.2) is 158 Å². The minimum absolute atomic E-state index is 0.966. The SMILES string of the molecule is c1ccc(-c2c3c(c(-c4ccccc4)c4ccccc24)-c2ccc(-c4cnc(-c5cc6ccccc6cn5)c5c4CCCC5)c4cccc-3c24)cc1. The highest BCUT2D eigenvalue weighted by Crippen LogP contribution is 2.58. The molecule has 0 radical (unpaired) electrons. The van der Waals surface area contributed by atoms with Crippen molar-refractivity contribution in [1.82, 2.24) is 9.97 Å². The average Bonchev–Trinajstić information content (AvgIpc) is 3.55. The zero-order chi connectivity index (χ0) is 34.2. The molecule has 0 atom stereocenters. The van der Waals surface area contributed by atoms with Crippen molar-refractivity contribution in [1.29, 1.82) is 0 Å². The maximum atomic E-state index is 5.23. The highest BCUT2D eigenvalue weighted by atomic mass is 14.8. The molecule has 9 aromatic rings. The minimum Gasteiger partial charge on any atom is -0.254 e. The molecule has 0 spiro atoms. The van der Waals surface area contributed by atoms with Gasteiger partial charge in [-0.1, -0.05) is 140 Å². The van der Waals surface area contributed by atoms with Gasteiger partial charge in [0.1, 0.15) is 0 Å². The number of aromatic nitrogens is 2. The average molecular weight is 663 g/mol. The van der Waals surface area contributed by atoms with Crippen molar-refractivity contribution in [3.8, 4) is 67.0 Å². The molecule has 2 aromatic heterocycles. The van der Waals surface area contributed by atoms with E-state index in [1.165, 1.54) is 107 Å². The summed E-state index contributed by atoms with van der Waals surface area (Å²) in [5, 5.41) is 7.56. The predicted molar refractivity (Wildman–Crippen MR) is 217 cm³/mol. The smallest absolute Gasteiger partial charge is 0.0921 e. The maximum Gasteiger partial charge on any atom is 0.0921 e. The van der Waals surface area contributed by atoms with Gasteiger partial charge in [-0.25, -0.2) is 0 Å². The molecule has 0 unspecified atom stereocenters. The van der Waals surface area contributed by atoms with Gasteiger partial charge in [0.05, 0.1) is 11.4 Å². The lowest BCUT2D eigenvalue weighted by molar-refractivity contribution is 0.685. The van der Waals surface area contributed by atoms with E-state index in [-0.39, 0.29) is 0 Å². The highest BCUT2D eigenvalue weighted by Gasteiger charge is 2.32. The Morgan fingerprint density at radius 1 is 0.385 bits per heavy atom. The maximum absolute atomic E-state index is 5.23. The third-order valence-corrected chi connectivity index (χ3v) is 11.5. The van der Waals surface area contributed by atoms with E-state index in [2.05, 4.69) is 152 Å². The van der Waals surface area contributed by atoms with Crippen LogP contribution in [0, 0.1) is 0 Å². The van der Waals surface area contributed by atoms with Crippen LogP contribution < -0.4 is 0 Å². The van der Waals surface area contributed by atoms with E-state index in [1.807, 2.05) is 6.20 Å². The van der Waals surface area contributed by atoms with Crippen LogP contribution in [0.1, 0.15) is 24.0 Å². The van der Waals surface area contributed by atoms with E-state index in [0.717, 1.165) is 29.6 Å². The molecule has 244 valence electrons. The van der Waals surface area contributed by atoms with E-state index >= 15 is 0 Å². The number of rotatable bonds is 4. The van der Waals surface area contributed by atoms with Gasteiger partial charge in [-0.05, 0) is 120 Å². The number of nitrogens with zero attached hydrogens (tertiary/aromatic N) is 2. The van der Waals surface area contributed by atoms with E-state index < -0.39 is 0 Å². The molecule has 0 bridgehead atoms. The second kappa shape index (κ2) is 11.6. The Hall–Kier alpha value is -6.38. The summed E-state index contributed by atoms with van der Waals surface area (Å²) >= 11 is 0. The molecule has 2 aliphatic carbocycles. The molecule has 0 saturated carbocycles. The lowest BCUT2D eigenvalue weighted by Crippen LogP contribution is -2.09. The fraction of sp³-hybridized carbons (Fsp3) is 0.0800. The molecule has 52 heavy (non-hydrogen) atoms. The largest absolute Gasteiger partial charge is 0.254 e. The lowest BCUT2D eigenvalue weighted by Gasteiger charge is -2.23. The van der Waals surface area contributed by atoms with Gasteiger partial charge in [0.25, 0.3) is 0 Å². The molecule has 2 aliphatic rings. The molecule has 0 fully saturated rings. The van der Waals surface area contributed by atoms with Crippen molar-refractivity contribution in [2.75, 3.05) is 0 Å². The molecule has 2 nitrogen and oxygen atoms in total. The quantitative estimate of drug-likeness (QED) is 0.187. The molecule has 7 aromatic carbocycles. The van der Waals surface area contributed by atoms with Crippen LogP contribution in [0.4, 0.5) is 0 Å². The summed E-state index contributed by atoms with van der Waals surface area (Å²) in [6.45, 7) is 0. The molecule has 11 rings (SSSR count). The summed E-state index contributed by atoms with van der Waals surface area (Å²) in [4.78, 5) is 10.2. The Morgan fingerprint density at radius 3 is 1.67 bits per heavy atom. The van der Waals surface area contributed by atoms with Crippen molar-refractivity contribution in [3.05, 3.63) is 169 Å². The summed E-state index contributed by atoms with van der Waals surface area (Å²) in [6, 6.07) is 53.3. The standard InChI is InChI=1S/C50H34N2/c1-3-14-31(15-4-1)45-38-21-10-11-22-39(38)46(32-16-5-2-6-17-32)49-42-27-26-36(37-24-13-25-41(47(37)42)48(45)49)43-30-52-50(40-23-12-9-20-35(40)43)44-28-33-18-7-8-19-34(33)29-51-44/h1-8,10-11,13-19,21-22,24-30H,9,12,20,23H2. The normalized spacial score (nSPS) is 13.1. The molecule has 2 heteroatoms. The van der Waals surface area contributed by atoms with Crippen molar-refractivity contribution in [2.45, 2.75) is 25.7 Å². The van der Waals surface area contributed by atoms with Gasteiger partial charge in [0.15, 0.2) is 0 Å². The summed E-state index contributed by atoms with van der Waals surface area (Å²) in [6.07, 6.45) is 8.58. The number of benzene rings is 7. The summed E-state index contributed by atoms with van der Waals surface area (Å²) in [7, 11) is 0. The van der Waals surface area contributed by atoms with Crippen LogP contribution in [0.2, 0.25) is 0 Å². The number of hydrogen-bond acceptors (Lipinski definition) is 2. The van der Waals surface area contributed by atoms with Gasteiger partial charge in [-0.15, -0.1) is 0 Å². The predicted octanol–water partition coefficient (Wildman–Crippen LogP) is 13.1. The second-order valence-electron chi connectivity index (χ2n) is 14.3. The van der Waals surface area contributed by atoms with Crippen LogP contribution in [0.5, 0.6) is 0 Å². The molecule has 0 amide bonds. The lowest BCUT2D eigenvalue weighted by atomic mass is 9.82. The van der Waals surface area contributed by atoms with Gasteiger partial charge in [0, 0.05) is 23.3 Å². The van der Waals surface area contributed by atoms with Gasteiger partial charge in [-0.2, -0.15) is 0 Å². The van der Waals surface area contributed by atoms with Gasteiger partial charge < -0.3 is 0 Å². The van der Waals surface area contributed by atoms with Crippen molar-refractivity contribution >= 4 is 32.3 Å². The van der Waals surface area contributed by atoms with E-state index in [1.54, 1.807) is 0 Å². The molecule has 0 N–H and O–H groups in total. The van der Waals surface area contributed by atoms with Crippen LogP contribution in [0.3, 0.4) is 0 Å². The Labute approximate surface area is 303 Å². The summed E-state index contributed by atoms with van der Waals surface area (Å²) in [5.41, 5.74) is 17.7. The number of pyridine rings is 2. The fourth-order valence-electron chi connectivity index (χ4n) is 9.26. The minimum atomic E-state index is 0.966. The zero-order valence-corrected chi connectivity index (χ0v) is 28.7. The van der Waals surface area contributed by atoms with E-state index in [9.17, 15) is 0 Å². The zero-order valence-electron chi connectivity index (χ0n) is 28.7. The third-order valence-electron chi connectivity index (χ3n) is 11.5. The first kappa shape index (κ1) is 29.4. The molecular formula is C50H34N2. The second-order valence-corrected chi connectivity index (χ2v) is 14.3. The molecular weight excluding hydrogens is 629 g/mol. The van der Waals surface area contributed by atoms with Crippen LogP contribution >= 0.6 is 0 Å². The molecule has 0 saturated heterocycles. The number of hydrogen-bond donors (Lipinski definition) is 0. The monoisotopic (exact) mass is 662 g/mol. The van der Waals surface area contributed by atoms with Crippen LogP contribution in [0.25, 0.3) is 99.3 Å². The summed E-state index contributed by atoms with van der Waals surface area (Å²) < 4.78 is 0. The van der Waals surface area contributed by atoms with Gasteiger partial charge in [0.2, 0.25) is 0 Å². The Morgan fingerprint density at radius 2 is 0.962 bits per heavy atom. The van der Waals surface area contributed by atoms with Crippen molar-refractivity contribution < 1.29 is 0 Å². The fourth-order valence-corrected chi connectivity index (χ4v) is 9.26. The Balaban J connectivity index is 1.19. The topological polar surface area (TPSA) is 25.8 Å². The molecule has 2 heterocycles. The Bertz CT molecular complexity index is 2800.